The number of aliphatic imine (C=N–C) groups is 1. The molecule has 0 saturated heterocycles. The molecule has 0 fully saturated rings. The van der Waals surface area contributed by atoms with Gasteiger partial charge in [-0.15, -0.1) is 0 Å². The van der Waals surface area contributed by atoms with E-state index in [1.54, 1.807) is 6.20 Å². The molecule has 0 bridgehead atoms. The highest BCUT2D eigenvalue weighted by atomic mass is 16.4. The second-order valence-electron chi connectivity index (χ2n) is 9.94. The molecule has 11 N–H and O–H groups in total. The zero-order chi connectivity index (χ0) is 29.1. The maximum absolute atomic E-state index is 13.4. The number of aliphatic carboxylic acids is 1. The van der Waals surface area contributed by atoms with E-state index < -0.39 is 47.9 Å². The number of para-hydroxylation sites is 1. The van der Waals surface area contributed by atoms with Crippen molar-refractivity contribution in [1.29, 1.82) is 0 Å². The predicted octanol–water partition coefficient (Wildman–Crippen LogP) is -0.304. The Morgan fingerprint density at radius 2 is 1.62 bits per heavy atom. The molecule has 4 unspecified atom stereocenters. The Morgan fingerprint density at radius 3 is 2.26 bits per heavy atom. The lowest BCUT2D eigenvalue weighted by molar-refractivity contribution is -0.141. The highest BCUT2D eigenvalue weighted by Crippen LogP contribution is 2.19. The van der Waals surface area contributed by atoms with Crippen LogP contribution in [0.2, 0.25) is 0 Å². The fraction of sp³-hybridized carbons (Fsp3) is 0.500. The smallest absolute Gasteiger partial charge is 0.325 e. The fourth-order valence-electron chi connectivity index (χ4n) is 4.01. The predicted molar refractivity (Wildman–Crippen MR) is 148 cm³/mol. The third-order valence-electron chi connectivity index (χ3n) is 6.11. The van der Waals surface area contributed by atoms with Crippen LogP contribution in [0.1, 0.15) is 45.6 Å². The molecule has 1 aromatic heterocycles. The number of carboxylic acids is 1. The number of hydrogen-bond donors (Lipinski definition) is 8. The van der Waals surface area contributed by atoms with Crippen molar-refractivity contribution in [2.45, 2.75) is 70.6 Å². The summed E-state index contributed by atoms with van der Waals surface area (Å²) >= 11 is 0. The summed E-state index contributed by atoms with van der Waals surface area (Å²) < 4.78 is 0. The molecule has 1 aromatic carbocycles. The van der Waals surface area contributed by atoms with Crippen molar-refractivity contribution >= 4 is 40.6 Å². The van der Waals surface area contributed by atoms with Crippen molar-refractivity contribution < 1.29 is 24.3 Å². The molecule has 2 aromatic rings. The van der Waals surface area contributed by atoms with Gasteiger partial charge in [0.15, 0.2) is 5.96 Å². The molecule has 0 spiro atoms. The number of rotatable bonds is 15. The van der Waals surface area contributed by atoms with Crippen molar-refractivity contribution in [3.05, 3.63) is 36.0 Å². The number of hydrogen-bond acceptors (Lipinski definition) is 6. The zero-order valence-electron chi connectivity index (χ0n) is 22.6. The Kier molecular flexibility index (Phi) is 11.7. The van der Waals surface area contributed by atoms with E-state index in [2.05, 4.69) is 25.9 Å². The van der Waals surface area contributed by atoms with E-state index in [1.807, 2.05) is 38.1 Å². The molecular formula is C26H40N8O5. The van der Waals surface area contributed by atoms with Gasteiger partial charge in [0.25, 0.3) is 0 Å². The quantitative estimate of drug-likeness (QED) is 0.0840. The molecule has 4 atom stereocenters. The lowest BCUT2D eigenvalue weighted by atomic mass is 10.00. The molecule has 13 nitrogen and oxygen atoms in total. The van der Waals surface area contributed by atoms with Gasteiger partial charge in [-0.05, 0) is 43.7 Å². The molecule has 1 heterocycles. The molecule has 0 radical (unpaired) electrons. The highest BCUT2D eigenvalue weighted by molar-refractivity contribution is 5.94. The van der Waals surface area contributed by atoms with Crippen molar-refractivity contribution in [3.8, 4) is 0 Å². The minimum atomic E-state index is -1.21. The van der Waals surface area contributed by atoms with Crippen LogP contribution in [-0.2, 0) is 25.6 Å². The maximum atomic E-state index is 13.4. The minimum absolute atomic E-state index is 0.0343. The minimum Gasteiger partial charge on any atom is -0.480 e. The Hall–Kier alpha value is -4.13. The molecule has 0 aliphatic rings. The van der Waals surface area contributed by atoms with Crippen LogP contribution in [0.5, 0.6) is 0 Å². The topological polar surface area (TPSA) is 231 Å². The van der Waals surface area contributed by atoms with Gasteiger partial charge in [0, 0.05) is 30.1 Å². The van der Waals surface area contributed by atoms with Crippen LogP contribution in [0.25, 0.3) is 10.9 Å². The van der Waals surface area contributed by atoms with Gasteiger partial charge in [0.2, 0.25) is 17.7 Å². The summed E-state index contributed by atoms with van der Waals surface area (Å²) in [6.07, 6.45) is 2.91. The largest absolute Gasteiger partial charge is 0.480 e. The number of aromatic nitrogens is 1. The third kappa shape index (κ3) is 9.93. The monoisotopic (exact) mass is 544 g/mol. The van der Waals surface area contributed by atoms with Crippen LogP contribution >= 0.6 is 0 Å². The third-order valence-corrected chi connectivity index (χ3v) is 6.11. The Labute approximate surface area is 227 Å². The first-order valence-electron chi connectivity index (χ1n) is 12.9. The number of guanidine groups is 1. The zero-order valence-corrected chi connectivity index (χ0v) is 22.6. The summed E-state index contributed by atoms with van der Waals surface area (Å²) in [5, 5.41) is 18.0. The number of amides is 3. The summed E-state index contributed by atoms with van der Waals surface area (Å²) in [6.45, 7) is 5.44. The van der Waals surface area contributed by atoms with E-state index in [-0.39, 0.29) is 18.3 Å². The van der Waals surface area contributed by atoms with Crippen LogP contribution < -0.4 is 33.2 Å². The Bertz CT molecular complexity index is 1170. The molecule has 3 amide bonds. The lowest BCUT2D eigenvalue weighted by Crippen LogP contribution is -2.57. The standard InChI is InChI=1S/C26H40N8O5/c1-14(2)11-20(33-22(35)18(27)8-6-10-30-26(28)29)24(37)34-21(23(36)32-15(3)25(38)39)12-16-13-31-19-9-5-4-7-17(16)19/h4-5,7,9,13-15,18,20-21,31H,6,8,10-12,27H2,1-3H3,(H,32,36)(H,33,35)(H,34,37)(H,38,39)(H4,28,29,30). The van der Waals surface area contributed by atoms with Gasteiger partial charge in [0.1, 0.15) is 18.1 Å². The lowest BCUT2D eigenvalue weighted by Gasteiger charge is -2.25. The number of aromatic amines is 1. The SMILES string of the molecule is CC(C)CC(NC(=O)C(N)CCCN=C(N)N)C(=O)NC(Cc1c[nH]c2ccccc12)C(=O)NC(C)C(=O)O. The molecule has 0 aliphatic carbocycles. The first-order valence-corrected chi connectivity index (χ1v) is 12.9. The van der Waals surface area contributed by atoms with Gasteiger partial charge >= 0.3 is 5.97 Å². The first kappa shape index (κ1) is 31.1. The Morgan fingerprint density at radius 1 is 0.974 bits per heavy atom. The van der Waals surface area contributed by atoms with Crippen molar-refractivity contribution in [1.82, 2.24) is 20.9 Å². The molecule has 0 saturated carbocycles. The number of H-pyrrole nitrogens is 1. The number of nitrogens with one attached hydrogen (secondary N) is 4. The maximum Gasteiger partial charge on any atom is 0.325 e. The van der Waals surface area contributed by atoms with E-state index in [4.69, 9.17) is 17.2 Å². The van der Waals surface area contributed by atoms with E-state index >= 15 is 0 Å². The first-order chi connectivity index (χ1) is 18.4. The fourth-order valence-corrected chi connectivity index (χ4v) is 4.01. The van der Waals surface area contributed by atoms with Gasteiger partial charge in [-0.3, -0.25) is 24.2 Å². The van der Waals surface area contributed by atoms with Gasteiger partial charge in [0.05, 0.1) is 6.04 Å². The van der Waals surface area contributed by atoms with Crippen LogP contribution in [-0.4, -0.2) is 70.5 Å². The van der Waals surface area contributed by atoms with Crippen LogP contribution in [0.4, 0.5) is 0 Å². The summed E-state index contributed by atoms with van der Waals surface area (Å²) in [5.41, 5.74) is 18.2. The molecule has 13 heteroatoms. The van der Waals surface area contributed by atoms with E-state index in [0.717, 1.165) is 16.5 Å². The van der Waals surface area contributed by atoms with Crippen molar-refractivity contribution in [3.63, 3.8) is 0 Å². The van der Waals surface area contributed by atoms with E-state index in [9.17, 15) is 24.3 Å². The van der Waals surface area contributed by atoms with E-state index in [1.165, 1.54) is 6.92 Å². The average Bonchev–Trinajstić information content (AvgIpc) is 3.27. The number of nitrogens with two attached hydrogens (primary N) is 3. The number of carbonyl (C=O) groups excluding carboxylic acids is 3. The van der Waals surface area contributed by atoms with E-state index in [0.29, 0.717) is 25.8 Å². The molecule has 214 valence electrons. The number of carbonyl (C=O) groups is 4. The number of carboxylic acid groups (broad SMARTS) is 1. The highest BCUT2D eigenvalue weighted by Gasteiger charge is 2.30. The summed E-state index contributed by atoms with van der Waals surface area (Å²) in [4.78, 5) is 57.5. The Balaban J connectivity index is 2.19. The van der Waals surface area contributed by atoms with Crippen LogP contribution in [0.3, 0.4) is 0 Å². The number of benzene rings is 1. The summed E-state index contributed by atoms with van der Waals surface area (Å²) in [6, 6.07) is 3.38. The normalized spacial score (nSPS) is 14.2. The molecule has 39 heavy (non-hydrogen) atoms. The number of nitrogens with zero attached hydrogens (tertiary/aromatic N) is 1. The van der Waals surface area contributed by atoms with Crippen LogP contribution in [0, 0.1) is 5.92 Å². The van der Waals surface area contributed by atoms with Crippen molar-refractivity contribution in [2.24, 2.45) is 28.1 Å². The van der Waals surface area contributed by atoms with Gasteiger partial charge < -0.3 is 43.2 Å². The number of fused-ring (bicyclic) bond motifs is 1. The van der Waals surface area contributed by atoms with Crippen LogP contribution in [0.15, 0.2) is 35.5 Å². The molecular weight excluding hydrogens is 504 g/mol. The van der Waals surface area contributed by atoms with Gasteiger partial charge in [-0.1, -0.05) is 32.0 Å². The second kappa shape index (κ2) is 14.7. The van der Waals surface area contributed by atoms with Crippen molar-refractivity contribution in [2.75, 3.05) is 6.54 Å². The summed E-state index contributed by atoms with van der Waals surface area (Å²) in [5.74, 6) is -2.98. The van der Waals surface area contributed by atoms with Gasteiger partial charge in [-0.2, -0.15) is 0 Å². The summed E-state index contributed by atoms with van der Waals surface area (Å²) in [7, 11) is 0. The molecule has 2 rings (SSSR count). The second-order valence-corrected chi connectivity index (χ2v) is 9.94. The average molecular weight is 545 g/mol. The van der Waals surface area contributed by atoms with Gasteiger partial charge in [-0.25, -0.2) is 0 Å². The molecule has 0 aliphatic heterocycles.